The van der Waals surface area contributed by atoms with Gasteiger partial charge in [0.25, 0.3) is 0 Å². The molecule has 0 saturated heterocycles. The van der Waals surface area contributed by atoms with Crippen LogP contribution >= 0.6 is 34.7 Å². The third-order valence-corrected chi connectivity index (χ3v) is 5.73. The van der Waals surface area contributed by atoms with Gasteiger partial charge in [0, 0.05) is 10.4 Å². The molecule has 4 aromatic rings. The summed E-state index contributed by atoms with van der Waals surface area (Å²) in [6.45, 7) is 0.534. The van der Waals surface area contributed by atoms with Gasteiger partial charge in [0.15, 0.2) is 10.1 Å². The zero-order valence-electron chi connectivity index (χ0n) is 13.3. The minimum atomic E-state index is -0.109. The van der Waals surface area contributed by atoms with E-state index in [1.54, 1.807) is 30.5 Å². The van der Waals surface area contributed by atoms with Crippen molar-refractivity contribution in [2.75, 3.05) is 11.1 Å². The lowest BCUT2D eigenvalue weighted by Gasteiger charge is -1.97. The molecule has 0 amide bonds. The van der Waals surface area contributed by atoms with Crippen molar-refractivity contribution in [2.45, 2.75) is 10.9 Å². The molecule has 0 spiro atoms. The van der Waals surface area contributed by atoms with Crippen LogP contribution in [0.3, 0.4) is 0 Å². The predicted molar refractivity (Wildman–Crippen MR) is 102 cm³/mol. The molecule has 6 nitrogen and oxygen atoms in total. The van der Waals surface area contributed by atoms with Gasteiger partial charge in [-0.05, 0) is 36.4 Å². The van der Waals surface area contributed by atoms with Gasteiger partial charge in [0.05, 0.1) is 18.6 Å². The zero-order valence-corrected chi connectivity index (χ0v) is 15.7. The lowest BCUT2D eigenvalue weighted by Crippen LogP contribution is -2.00. The summed E-state index contributed by atoms with van der Waals surface area (Å²) in [5, 5.41) is 13.4. The summed E-state index contributed by atoms with van der Waals surface area (Å²) in [6.07, 6.45) is 1.62. The Morgan fingerprint density at radius 2 is 2.19 bits per heavy atom. The topological polar surface area (TPSA) is 81.2 Å². The number of nitrogens with one attached hydrogen (secondary N) is 1. The number of hydrogen-bond donors (Lipinski definition) is 1. The van der Waals surface area contributed by atoms with Crippen molar-refractivity contribution in [3.05, 3.63) is 59.2 Å². The summed E-state index contributed by atoms with van der Waals surface area (Å²) < 4.78 is 11.5. The summed E-state index contributed by atoms with van der Waals surface area (Å²) >= 11 is 8.67. The molecule has 0 aliphatic rings. The zero-order chi connectivity index (χ0) is 17.9. The number of fused-ring (bicyclic) bond motifs is 1. The number of rotatable bonds is 7. The fourth-order valence-electron chi connectivity index (χ4n) is 2.27. The normalized spacial score (nSPS) is 11.1. The largest absolute Gasteiger partial charge is 0.467 e. The Morgan fingerprint density at radius 3 is 3.04 bits per heavy atom. The molecular weight excluding hydrogens is 394 g/mol. The fraction of sp³-hybridized carbons (Fsp3) is 0.118. The van der Waals surface area contributed by atoms with Crippen LogP contribution in [-0.4, -0.2) is 21.7 Å². The van der Waals surface area contributed by atoms with Gasteiger partial charge in [-0.2, -0.15) is 0 Å². The number of anilines is 1. The third-order valence-electron chi connectivity index (χ3n) is 3.48. The number of benzene rings is 1. The summed E-state index contributed by atoms with van der Waals surface area (Å²) in [6, 6.07) is 10.7. The molecule has 0 unspecified atom stereocenters. The van der Waals surface area contributed by atoms with Crippen LogP contribution in [0.2, 0.25) is 5.02 Å². The monoisotopic (exact) mass is 405 g/mol. The first-order valence-electron chi connectivity index (χ1n) is 7.62. The maximum absolute atomic E-state index is 12.3. The molecule has 0 aliphatic heterocycles. The van der Waals surface area contributed by atoms with Crippen molar-refractivity contribution >= 4 is 56.6 Å². The Bertz CT molecular complexity index is 1040. The van der Waals surface area contributed by atoms with E-state index < -0.39 is 0 Å². The molecule has 1 aromatic carbocycles. The molecule has 0 fully saturated rings. The van der Waals surface area contributed by atoms with Crippen LogP contribution in [0.15, 0.2) is 55.8 Å². The van der Waals surface area contributed by atoms with Crippen LogP contribution in [0, 0.1) is 0 Å². The number of carbonyl (C=O) groups excluding carboxylic acids is 1. The molecule has 0 aliphatic carbocycles. The number of ketones is 1. The number of carbonyl (C=O) groups is 1. The molecule has 0 bridgehead atoms. The number of aromatic nitrogens is 2. The standard InChI is InChI=1S/C17H12ClN3O3S2/c18-11-3-4-14-10(6-11)7-15(24-14)13(22)9-25-17-21-20-16(26-17)19-8-12-2-1-5-23-12/h1-7H,8-9H2,(H,19,20). The van der Waals surface area contributed by atoms with Crippen molar-refractivity contribution in [3.63, 3.8) is 0 Å². The Morgan fingerprint density at radius 1 is 1.27 bits per heavy atom. The first-order valence-corrected chi connectivity index (χ1v) is 9.80. The minimum Gasteiger partial charge on any atom is -0.467 e. The highest BCUT2D eigenvalue weighted by molar-refractivity contribution is 8.01. The van der Waals surface area contributed by atoms with Crippen molar-refractivity contribution in [1.29, 1.82) is 0 Å². The molecule has 3 aromatic heterocycles. The average molecular weight is 406 g/mol. The van der Waals surface area contributed by atoms with Gasteiger partial charge in [-0.1, -0.05) is 34.7 Å². The van der Waals surface area contributed by atoms with Gasteiger partial charge >= 0.3 is 0 Å². The molecule has 132 valence electrons. The summed E-state index contributed by atoms with van der Waals surface area (Å²) in [7, 11) is 0. The van der Waals surface area contributed by atoms with Crippen LogP contribution in [0.25, 0.3) is 11.0 Å². The number of hydrogen-bond acceptors (Lipinski definition) is 8. The second kappa shape index (κ2) is 7.53. The molecule has 0 radical (unpaired) electrons. The van der Waals surface area contributed by atoms with Crippen molar-refractivity contribution in [2.24, 2.45) is 0 Å². The molecule has 26 heavy (non-hydrogen) atoms. The van der Waals surface area contributed by atoms with Crippen LogP contribution in [-0.2, 0) is 6.54 Å². The highest BCUT2D eigenvalue weighted by Crippen LogP contribution is 2.28. The van der Waals surface area contributed by atoms with E-state index in [1.807, 2.05) is 12.1 Å². The highest BCUT2D eigenvalue weighted by Gasteiger charge is 2.15. The van der Waals surface area contributed by atoms with E-state index in [0.29, 0.717) is 32.4 Å². The van der Waals surface area contributed by atoms with Crippen molar-refractivity contribution in [3.8, 4) is 0 Å². The van der Waals surface area contributed by atoms with Gasteiger partial charge in [-0.15, -0.1) is 10.2 Å². The number of halogens is 1. The van der Waals surface area contributed by atoms with Crippen LogP contribution in [0.4, 0.5) is 5.13 Å². The van der Waals surface area contributed by atoms with E-state index in [4.69, 9.17) is 20.4 Å². The maximum atomic E-state index is 12.3. The predicted octanol–water partition coefficient (Wildman–Crippen LogP) is 5.12. The summed E-state index contributed by atoms with van der Waals surface area (Å²) in [4.78, 5) is 12.3. The van der Waals surface area contributed by atoms with Gasteiger partial charge in [0.1, 0.15) is 11.3 Å². The summed E-state index contributed by atoms with van der Waals surface area (Å²) in [5.41, 5.74) is 0.642. The van der Waals surface area contributed by atoms with Crippen LogP contribution < -0.4 is 5.32 Å². The smallest absolute Gasteiger partial charge is 0.208 e. The van der Waals surface area contributed by atoms with Gasteiger partial charge in [-0.25, -0.2) is 0 Å². The van der Waals surface area contributed by atoms with Crippen LogP contribution in [0.1, 0.15) is 16.3 Å². The molecule has 9 heteroatoms. The third kappa shape index (κ3) is 3.92. The maximum Gasteiger partial charge on any atom is 0.208 e. The average Bonchev–Trinajstić information content (AvgIpc) is 3.37. The van der Waals surface area contributed by atoms with Gasteiger partial charge in [0.2, 0.25) is 10.9 Å². The van der Waals surface area contributed by atoms with E-state index in [1.165, 1.54) is 23.1 Å². The molecule has 0 atom stereocenters. The minimum absolute atomic E-state index is 0.109. The number of furan rings is 2. The van der Waals surface area contributed by atoms with Crippen molar-refractivity contribution < 1.29 is 13.6 Å². The lowest BCUT2D eigenvalue weighted by molar-refractivity contribution is 0.0994. The Kier molecular flexibility index (Phi) is 4.96. The van der Waals surface area contributed by atoms with E-state index in [0.717, 1.165) is 11.1 Å². The second-order valence-electron chi connectivity index (χ2n) is 5.31. The Balaban J connectivity index is 1.35. The van der Waals surface area contributed by atoms with E-state index in [-0.39, 0.29) is 11.5 Å². The Labute approximate surface area is 161 Å². The highest BCUT2D eigenvalue weighted by atomic mass is 35.5. The first kappa shape index (κ1) is 17.1. The summed E-state index contributed by atoms with van der Waals surface area (Å²) in [5.74, 6) is 1.24. The van der Waals surface area contributed by atoms with E-state index in [9.17, 15) is 4.79 Å². The van der Waals surface area contributed by atoms with Gasteiger partial charge in [-0.3, -0.25) is 4.79 Å². The second-order valence-corrected chi connectivity index (χ2v) is 7.95. The quantitative estimate of drug-likeness (QED) is 0.337. The molecule has 4 rings (SSSR count). The molecule has 3 heterocycles. The van der Waals surface area contributed by atoms with Gasteiger partial charge < -0.3 is 14.2 Å². The first-order chi connectivity index (χ1) is 12.7. The number of nitrogens with zero attached hydrogens (tertiary/aromatic N) is 2. The molecule has 0 saturated carbocycles. The molecular formula is C17H12ClN3O3S2. The SMILES string of the molecule is O=C(CSc1nnc(NCc2ccco2)s1)c1cc2cc(Cl)ccc2o1. The van der Waals surface area contributed by atoms with E-state index in [2.05, 4.69) is 15.5 Å². The number of Topliss-reactive ketones (excluding diaryl/α,β-unsaturated/α-hetero) is 1. The number of thioether (sulfide) groups is 1. The fourth-order valence-corrected chi connectivity index (χ4v) is 4.06. The lowest BCUT2D eigenvalue weighted by atomic mass is 10.2. The van der Waals surface area contributed by atoms with E-state index >= 15 is 0 Å². The molecule has 1 N–H and O–H groups in total. The van der Waals surface area contributed by atoms with Crippen LogP contribution in [0.5, 0.6) is 0 Å². The Hall–Kier alpha value is -2.29. The van der Waals surface area contributed by atoms with Crippen molar-refractivity contribution in [1.82, 2.24) is 10.2 Å².